The van der Waals surface area contributed by atoms with Gasteiger partial charge < -0.3 is 4.74 Å². The third-order valence-corrected chi connectivity index (χ3v) is 2.98. The van der Waals surface area contributed by atoms with Crippen molar-refractivity contribution < 1.29 is 9.53 Å². The highest BCUT2D eigenvalue weighted by Gasteiger charge is 2.06. The van der Waals surface area contributed by atoms with Gasteiger partial charge in [-0.1, -0.05) is 12.1 Å². The van der Waals surface area contributed by atoms with Gasteiger partial charge in [-0.3, -0.25) is 0 Å². The van der Waals surface area contributed by atoms with Crippen LogP contribution in [-0.2, 0) is 4.74 Å². The van der Waals surface area contributed by atoms with Crippen LogP contribution in [0.5, 0.6) is 0 Å². The maximum atomic E-state index is 11.5. The first kappa shape index (κ1) is 11.4. The molecule has 2 aromatic carbocycles. The minimum Gasteiger partial charge on any atom is -0.462 e. The van der Waals surface area contributed by atoms with E-state index in [4.69, 9.17) is 4.74 Å². The fourth-order valence-corrected chi connectivity index (χ4v) is 2.07. The maximum Gasteiger partial charge on any atom is 0.338 e. The molecule has 3 heteroatoms. The first-order chi connectivity index (χ1) is 7.70. The lowest BCUT2D eigenvalue weighted by atomic mass is 10.1. The van der Waals surface area contributed by atoms with Crippen LogP contribution in [0.1, 0.15) is 17.3 Å². The summed E-state index contributed by atoms with van der Waals surface area (Å²) >= 11 is 2.27. The second kappa shape index (κ2) is 4.82. The van der Waals surface area contributed by atoms with Gasteiger partial charge in [-0.15, -0.1) is 0 Å². The third kappa shape index (κ3) is 2.35. The lowest BCUT2D eigenvalue weighted by Gasteiger charge is -2.03. The number of hydrogen-bond acceptors (Lipinski definition) is 2. The minimum atomic E-state index is -0.261. The zero-order chi connectivity index (χ0) is 11.5. The largest absolute Gasteiger partial charge is 0.462 e. The van der Waals surface area contributed by atoms with Gasteiger partial charge in [0.25, 0.3) is 0 Å². The van der Waals surface area contributed by atoms with Crippen LogP contribution in [0, 0.1) is 3.57 Å². The van der Waals surface area contributed by atoms with Crippen molar-refractivity contribution >= 4 is 39.3 Å². The Morgan fingerprint density at radius 3 is 2.62 bits per heavy atom. The molecule has 0 spiro atoms. The standard InChI is InChI=1S/C13H11IO2/c1-2-16-13(15)11-4-3-10-8-12(14)6-5-9(10)7-11/h3-8H,2H2,1H3. The highest BCUT2D eigenvalue weighted by atomic mass is 127. The molecule has 16 heavy (non-hydrogen) atoms. The molecule has 0 bridgehead atoms. The van der Waals surface area contributed by atoms with Crippen LogP contribution in [-0.4, -0.2) is 12.6 Å². The summed E-state index contributed by atoms with van der Waals surface area (Å²) in [5.41, 5.74) is 0.607. The summed E-state index contributed by atoms with van der Waals surface area (Å²) in [6.07, 6.45) is 0. The number of esters is 1. The summed E-state index contributed by atoms with van der Waals surface area (Å²) in [5.74, 6) is -0.261. The van der Waals surface area contributed by atoms with Crippen LogP contribution < -0.4 is 0 Å². The Kier molecular flexibility index (Phi) is 3.43. The van der Waals surface area contributed by atoms with E-state index in [1.165, 1.54) is 3.57 Å². The Morgan fingerprint density at radius 1 is 1.19 bits per heavy atom. The molecule has 0 radical (unpaired) electrons. The Labute approximate surface area is 108 Å². The molecule has 0 atom stereocenters. The van der Waals surface area contributed by atoms with Gasteiger partial charge in [0.15, 0.2) is 0 Å². The van der Waals surface area contributed by atoms with E-state index in [2.05, 4.69) is 28.7 Å². The van der Waals surface area contributed by atoms with Crippen molar-refractivity contribution in [1.29, 1.82) is 0 Å². The SMILES string of the molecule is CCOC(=O)c1ccc2cc(I)ccc2c1. The molecular weight excluding hydrogens is 315 g/mol. The molecule has 0 fully saturated rings. The fourth-order valence-electron chi connectivity index (χ4n) is 1.56. The van der Waals surface area contributed by atoms with Crippen molar-refractivity contribution in [3.8, 4) is 0 Å². The minimum absolute atomic E-state index is 0.261. The van der Waals surface area contributed by atoms with Crippen LogP contribution >= 0.6 is 22.6 Å². The maximum absolute atomic E-state index is 11.5. The molecule has 0 aliphatic carbocycles. The van der Waals surface area contributed by atoms with Crippen LogP contribution in [0.3, 0.4) is 0 Å². The molecule has 2 aromatic rings. The Balaban J connectivity index is 2.44. The monoisotopic (exact) mass is 326 g/mol. The van der Waals surface area contributed by atoms with Crippen molar-refractivity contribution in [2.75, 3.05) is 6.61 Å². The number of hydrogen-bond donors (Lipinski definition) is 0. The molecule has 0 heterocycles. The van der Waals surface area contributed by atoms with E-state index >= 15 is 0 Å². The summed E-state index contributed by atoms with van der Waals surface area (Å²) in [6, 6.07) is 11.7. The third-order valence-electron chi connectivity index (χ3n) is 2.31. The lowest BCUT2D eigenvalue weighted by Crippen LogP contribution is -2.04. The molecule has 2 rings (SSSR count). The van der Waals surface area contributed by atoms with Crippen molar-refractivity contribution in [1.82, 2.24) is 0 Å². The summed E-state index contributed by atoms with van der Waals surface area (Å²) < 4.78 is 6.15. The zero-order valence-electron chi connectivity index (χ0n) is 8.87. The topological polar surface area (TPSA) is 26.3 Å². The quantitative estimate of drug-likeness (QED) is 0.622. The van der Waals surface area contributed by atoms with Crippen LogP contribution in [0.25, 0.3) is 10.8 Å². The fraction of sp³-hybridized carbons (Fsp3) is 0.154. The van der Waals surface area contributed by atoms with Crippen LogP contribution in [0.15, 0.2) is 36.4 Å². The first-order valence-corrected chi connectivity index (χ1v) is 6.15. The molecule has 0 saturated carbocycles. The van der Waals surface area contributed by atoms with Gasteiger partial charge in [-0.2, -0.15) is 0 Å². The number of fused-ring (bicyclic) bond motifs is 1. The summed E-state index contributed by atoms with van der Waals surface area (Å²) in [5, 5.41) is 2.20. The zero-order valence-corrected chi connectivity index (χ0v) is 11.0. The molecule has 0 unspecified atom stereocenters. The van der Waals surface area contributed by atoms with E-state index in [0.717, 1.165) is 10.8 Å². The van der Waals surface area contributed by atoms with E-state index in [1.54, 1.807) is 13.0 Å². The second-order valence-electron chi connectivity index (χ2n) is 3.43. The summed E-state index contributed by atoms with van der Waals surface area (Å²) in [4.78, 5) is 11.5. The van der Waals surface area contributed by atoms with Gasteiger partial charge in [0.2, 0.25) is 0 Å². The van der Waals surface area contributed by atoms with Crippen LogP contribution in [0.2, 0.25) is 0 Å². The van der Waals surface area contributed by atoms with Crippen molar-refractivity contribution in [3.63, 3.8) is 0 Å². The lowest BCUT2D eigenvalue weighted by molar-refractivity contribution is 0.0526. The van der Waals surface area contributed by atoms with Gasteiger partial charge in [-0.05, 0) is 64.6 Å². The number of halogens is 1. The second-order valence-corrected chi connectivity index (χ2v) is 4.67. The smallest absolute Gasteiger partial charge is 0.338 e. The summed E-state index contributed by atoms with van der Waals surface area (Å²) in [7, 11) is 0. The highest BCUT2D eigenvalue weighted by Crippen LogP contribution is 2.19. The number of carbonyl (C=O) groups excluding carboxylic acids is 1. The predicted molar refractivity (Wildman–Crippen MR) is 72.6 cm³/mol. The number of ether oxygens (including phenoxy) is 1. The molecule has 0 N–H and O–H groups in total. The number of carbonyl (C=O) groups is 1. The van der Waals surface area contributed by atoms with Gasteiger partial charge in [0.1, 0.15) is 0 Å². The van der Waals surface area contributed by atoms with Crippen molar-refractivity contribution in [3.05, 3.63) is 45.5 Å². The molecule has 2 nitrogen and oxygen atoms in total. The van der Waals surface area contributed by atoms with Crippen LogP contribution in [0.4, 0.5) is 0 Å². The Bertz CT molecular complexity index is 534. The van der Waals surface area contributed by atoms with Gasteiger partial charge in [0, 0.05) is 3.57 Å². The first-order valence-electron chi connectivity index (χ1n) is 5.07. The van der Waals surface area contributed by atoms with Gasteiger partial charge >= 0.3 is 5.97 Å². The van der Waals surface area contributed by atoms with Gasteiger partial charge in [0.05, 0.1) is 12.2 Å². The summed E-state index contributed by atoms with van der Waals surface area (Å²) in [6.45, 7) is 2.21. The molecule has 0 aliphatic rings. The number of rotatable bonds is 2. The molecule has 82 valence electrons. The van der Waals surface area contributed by atoms with Crippen molar-refractivity contribution in [2.45, 2.75) is 6.92 Å². The van der Waals surface area contributed by atoms with Crippen molar-refractivity contribution in [2.24, 2.45) is 0 Å². The van der Waals surface area contributed by atoms with E-state index in [-0.39, 0.29) is 5.97 Å². The normalized spacial score (nSPS) is 10.4. The molecular formula is C13H11IO2. The highest BCUT2D eigenvalue weighted by molar-refractivity contribution is 14.1. The molecule has 0 aromatic heterocycles. The van der Waals surface area contributed by atoms with E-state index in [0.29, 0.717) is 12.2 Å². The van der Waals surface area contributed by atoms with E-state index < -0.39 is 0 Å². The average Bonchev–Trinajstić information content (AvgIpc) is 2.28. The van der Waals surface area contributed by atoms with E-state index in [1.807, 2.05) is 24.3 Å². The van der Waals surface area contributed by atoms with E-state index in [9.17, 15) is 4.79 Å². The number of benzene rings is 2. The van der Waals surface area contributed by atoms with Gasteiger partial charge in [-0.25, -0.2) is 4.79 Å². The molecule has 0 aliphatic heterocycles. The Hall–Kier alpha value is -1.10. The predicted octanol–water partition coefficient (Wildman–Crippen LogP) is 3.62. The average molecular weight is 326 g/mol. The molecule has 0 saturated heterocycles. The Morgan fingerprint density at radius 2 is 1.88 bits per heavy atom. The molecule has 0 amide bonds.